The highest BCUT2D eigenvalue weighted by Crippen LogP contribution is 2.41. The Hall–Kier alpha value is -6.58. The van der Waals surface area contributed by atoms with Crippen molar-refractivity contribution in [3.63, 3.8) is 0 Å². The molecule has 0 atom stereocenters. The topological polar surface area (TPSA) is 30.2 Å². The quantitative estimate of drug-likeness (QED) is 0.196. The van der Waals surface area contributed by atoms with Gasteiger partial charge in [0, 0.05) is 16.2 Å². The summed E-state index contributed by atoms with van der Waals surface area (Å²) in [5, 5.41) is 8.59. The molecule has 0 amide bonds. The van der Waals surface area contributed by atoms with Gasteiger partial charge in [-0.3, -0.25) is 4.40 Å². The summed E-state index contributed by atoms with van der Waals surface area (Å²) in [5.74, 6) is 0. The third-order valence-electron chi connectivity index (χ3n) is 10.2. The molecule has 11 aromatic rings. The Morgan fingerprint density at radius 2 is 0.898 bits per heavy atom. The van der Waals surface area contributed by atoms with E-state index in [0.29, 0.717) is 0 Å². The molecule has 3 heterocycles. The summed E-state index contributed by atoms with van der Waals surface area (Å²) < 4.78 is 2.30. The van der Waals surface area contributed by atoms with E-state index in [1.807, 2.05) is 24.3 Å². The van der Waals surface area contributed by atoms with Crippen LogP contribution in [0.1, 0.15) is 0 Å². The zero-order valence-electron chi connectivity index (χ0n) is 26.4. The number of hydrogen-bond donors (Lipinski definition) is 0. The fourth-order valence-electron chi connectivity index (χ4n) is 7.84. The zero-order chi connectivity index (χ0) is 32.1. The second-order valence-corrected chi connectivity index (χ2v) is 13.1. The van der Waals surface area contributed by atoms with Gasteiger partial charge in [0.05, 0.1) is 22.1 Å². The van der Waals surface area contributed by atoms with Crippen LogP contribution in [0.3, 0.4) is 0 Å². The highest BCUT2D eigenvalue weighted by molar-refractivity contribution is 6.23. The lowest BCUT2D eigenvalue weighted by Gasteiger charge is -2.10. The van der Waals surface area contributed by atoms with E-state index in [1.165, 1.54) is 71.2 Å². The van der Waals surface area contributed by atoms with Gasteiger partial charge in [0.2, 0.25) is 0 Å². The largest absolute Gasteiger partial charge is 0.291 e. The first-order chi connectivity index (χ1) is 24.2. The lowest BCUT2D eigenvalue weighted by molar-refractivity contribution is 1.28. The smallest absolute Gasteiger partial charge is 0.165 e. The summed E-state index contributed by atoms with van der Waals surface area (Å²) in [6, 6.07) is 59.2. The van der Waals surface area contributed by atoms with Crippen LogP contribution in [-0.2, 0) is 0 Å². The van der Waals surface area contributed by atoms with Crippen LogP contribution in [0.25, 0.3) is 104 Å². The summed E-state index contributed by atoms with van der Waals surface area (Å²) in [5.41, 5.74) is 13.3. The van der Waals surface area contributed by atoms with Gasteiger partial charge in [0.1, 0.15) is 5.52 Å². The Kier molecular flexibility index (Phi) is 5.38. The third kappa shape index (κ3) is 3.96. The Balaban J connectivity index is 1.04. The van der Waals surface area contributed by atoms with Gasteiger partial charge in [-0.25, -0.2) is 9.97 Å². The normalized spacial score (nSPS) is 12.1. The van der Waals surface area contributed by atoms with E-state index in [1.54, 1.807) is 0 Å². The van der Waals surface area contributed by atoms with E-state index in [9.17, 15) is 0 Å². The standard InChI is InChI=1S/C46H27N3/c1-2-9-29-22-33(17-16-28(29)8-1)35-21-20-34-24-32(18-19-36(34)25-35)30-10-7-11-31(23-30)37-26-39-38-12-3-6-15-43(38)49-45(39)40(27-37)44-46(49)48-42-14-5-4-13-41(42)47-44/h1-27H. The molecule has 0 radical (unpaired) electrons. The Morgan fingerprint density at radius 1 is 0.347 bits per heavy atom. The molecule has 3 heteroatoms. The second-order valence-electron chi connectivity index (χ2n) is 13.1. The van der Waals surface area contributed by atoms with E-state index in [4.69, 9.17) is 9.97 Å². The average Bonchev–Trinajstić information content (AvgIpc) is 3.67. The Bertz CT molecular complexity index is 3110. The van der Waals surface area contributed by atoms with Gasteiger partial charge < -0.3 is 0 Å². The van der Waals surface area contributed by atoms with Gasteiger partial charge >= 0.3 is 0 Å². The van der Waals surface area contributed by atoms with Gasteiger partial charge in [-0.15, -0.1) is 0 Å². The van der Waals surface area contributed by atoms with Gasteiger partial charge in [-0.05, 0) is 110 Å². The summed E-state index contributed by atoms with van der Waals surface area (Å²) in [6.45, 7) is 0. The molecule has 0 aliphatic rings. The van der Waals surface area contributed by atoms with Crippen molar-refractivity contribution in [3.05, 3.63) is 164 Å². The van der Waals surface area contributed by atoms with Gasteiger partial charge in [-0.1, -0.05) is 109 Å². The predicted molar refractivity (Wildman–Crippen MR) is 206 cm³/mol. The number of para-hydroxylation sites is 3. The van der Waals surface area contributed by atoms with Gasteiger partial charge in [0.25, 0.3) is 0 Å². The van der Waals surface area contributed by atoms with Crippen LogP contribution in [0.2, 0.25) is 0 Å². The predicted octanol–water partition coefficient (Wildman–Crippen LogP) is 12.1. The second kappa shape index (κ2) is 9.96. The molecule has 0 unspecified atom stereocenters. The first kappa shape index (κ1) is 26.5. The Labute approximate surface area is 281 Å². The van der Waals surface area contributed by atoms with Crippen LogP contribution in [-0.4, -0.2) is 14.4 Å². The molecule has 49 heavy (non-hydrogen) atoms. The molecule has 0 aliphatic carbocycles. The number of hydrogen-bond acceptors (Lipinski definition) is 2. The van der Waals surface area contributed by atoms with Crippen molar-refractivity contribution >= 4 is 70.9 Å². The van der Waals surface area contributed by atoms with Gasteiger partial charge in [-0.2, -0.15) is 0 Å². The van der Waals surface area contributed by atoms with Crippen LogP contribution >= 0.6 is 0 Å². The van der Waals surface area contributed by atoms with Crippen molar-refractivity contribution in [1.29, 1.82) is 0 Å². The first-order valence-corrected chi connectivity index (χ1v) is 16.7. The van der Waals surface area contributed by atoms with Crippen LogP contribution in [0.5, 0.6) is 0 Å². The summed E-state index contributed by atoms with van der Waals surface area (Å²) >= 11 is 0. The van der Waals surface area contributed by atoms with E-state index < -0.39 is 0 Å². The number of aromatic nitrogens is 3. The summed E-state index contributed by atoms with van der Waals surface area (Å²) in [7, 11) is 0. The minimum atomic E-state index is 0.908. The van der Waals surface area contributed by atoms with Crippen LogP contribution in [0.15, 0.2) is 164 Å². The number of rotatable bonds is 3. The summed E-state index contributed by atoms with van der Waals surface area (Å²) in [6.07, 6.45) is 0. The van der Waals surface area contributed by atoms with Crippen LogP contribution in [0.4, 0.5) is 0 Å². The van der Waals surface area contributed by atoms with E-state index in [2.05, 4.69) is 144 Å². The summed E-state index contributed by atoms with van der Waals surface area (Å²) in [4.78, 5) is 10.3. The number of nitrogens with zero attached hydrogens (tertiary/aromatic N) is 3. The molecule has 3 aromatic heterocycles. The molecule has 0 saturated heterocycles. The minimum Gasteiger partial charge on any atom is -0.291 e. The third-order valence-corrected chi connectivity index (χ3v) is 10.2. The van der Waals surface area contributed by atoms with Crippen molar-refractivity contribution in [3.8, 4) is 33.4 Å². The highest BCUT2D eigenvalue weighted by atomic mass is 15.0. The monoisotopic (exact) mass is 621 g/mol. The van der Waals surface area contributed by atoms with Crippen molar-refractivity contribution in [2.45, 2.75) is 0 Å². The molecule has 8 aromatic carbocycles. The van der Waals surface area contributed by atoms with Crippen molar-refractivity contribution in [1.82, 2.24) is 14.4 Å². The maximum Gasteiger partial charge on any atom is 0.165 e. The molecule has 0 saturated carbocycles. The van der Waals surface area contributed by atoms with Gasteiger partial charge in [0.15, 0.2) is 5.65 Å². The lowest BCUT2D eigenvalue weighted by Crippen LogP contribution is -1.88. The Morgan fingerprint density at radius 3 is 1.65 bits per heavy atom. The lowest BCUT2D eigenvalue weighted by atomic mass is 9.94. The van der Waals surface area contributed by atoms with E-state index >= 15 is 0 Å². The van der Waals surface area contributed by atoms with Crippen molar-refractivity contribution < 1.29 is 0 Å². The number of benzene rings is 8. The van der Waals surface area contributed by atoms with Crippen LogP contribution < -0.4 is 0 Å². The van der Waals surface area contributed by atoms with E-state index in [-0.39, 0.29) is 0 Å². The maximum atomic E-state index is 5.16. The first-order valence-electron chi connectivity index (χ1n) is 16.7. The van der Waals surface area contributed by atoms with E-state index in [0.717, 1.165) is 33.1 Å². The molecule has 0 N–H and O–H groups in total. The molecule has 3 nitrogen and oxygen atoms in total. The fraction of sp³-hybridized carbons (Fsp3) is 0. The molecule has 226 valence electrons. The SMILES string of the molecule is c1cc(-c2ccc3cc(-c4ccc5ccccc5c4)ccc3c2)cc(-c2cc3c4ccccc4n4c5nc6ccccc6nc5c(c2)c34)c1. The van der Waals surface area contributed by atoms with Crippen LogP contribution in [0, 0.1) is 0 Å². The molecule has 0 aliphatic heterocycles. The maximum absolute atomic E-state index is 5.16. The minimum absolute atomic E-state index is 0.908. The van der Waals surface area contributed by atoms with Crippen molar-refractivity contribution in [2.75, 3.05) is 0 Å². The average molecular weight is 622 g/mol. The fourth-order valence-corrected chi connectivity index (χ4v) is 7.84. The molecule has 0 fully saturated rings. The molecule has 11 rings (SSSR count). The zero-order valence-corrected chi connectivity index (χ0v) is 26.4. The molecular weight excluding hydrogens is 595 g/mol. The number of fused-ring (bicyclic) bond motifs is 9. The highest BCUT2D eigenvalue weighted by Gasteiger charge is 2.21. The molecule has 0 bridgehead atoms. The van der Waals surface area contributed by atoms with Crippen molar-refractivity contribution in [2.24, 2.45) is 0 Å². The molecular formula is C46H27N3. The molecule has 0 spiro atoms.